The number of rotatable bonds is 0. The first-order valence-corrected chi connectivity index (χ1v) is 3.34. The van der Waals surface area contributed by atoms with Crippen molar-refractivity contribution in [2.75, 3.05) is 0 Å². The van der Waals surface area contributed by atoms with Crippen LogP contribution in [0.4, 0.5) is 0 Å². The molecule has 0 radical (unpaired) electrons. The molecule has 10 heteroatoms. The summed E-state index contributed by atoms with van der Waals surface area (Å²) in [5, 5.41) is 33.9. The molecule has 0 aliphatic rings. The van der Waals surface area contributed by atoms with Gasteiger partial charge in [0, 0.05) is 0 Å². The van der Waals surface area contributed by atoms with Crippen molar-refractivity contribution >= 4 is 50.5 Å². The SMILES string of the molecule is N#C[S-].N#C[S-].N#C[S-].N#C[S-].[Au+3].[K+]. The molecule has 0 saturated carbocycles. The minimum atomic E-state index is 0. The Morgan fingerprint density at radius 1 is 0.571 bits per heavy atom. The summed E-state index contributed by atoms with van der Waals surface area (Å²) < 4.78 is 0. The molecule has 0 spiro atoms. The zero-order chi connectivity index (χ0) is 10.8. The Bertz CT molecular complexity index is 163. The molecule has 14 heavy (non-hydrogen) atoms. The predicted octanol–water partition coefficient (Wildman–Crippen LogP) is -2.94. The molecule has 0 heterocycles. The van der Waals surface area contributed by atoms with Crippen LogP contribution in [-0.4, -0.2) is 0 Å². The molecule has 0 unspecified atom stereocenters. The van der Waals surface area contributed by atoms with Gasteiger partial charge in [-0.05, 0) is 0 Å². The molecule has 0 bridgehead atoms. The third kappa shape index (κ3) is 1330. The van der Waals surface area contributed by atoms with Crippen LogP contribution >= 0.6 is 0 Å². The first kappa shape index (κ1) is 36.2. The molecular formula is C4AuKN4S4. The first-order chi connectivity index (χ1) is 5.66. The Kier molecular flexibility index (Phi) is 236. The number of nitrogens with zero attached hydrogens (tertiary/aromatic N) is 4. The molecule has 0 N–H and O–H groups in total. The Morgan fingerprint density at radius 2 is 0.571 bits per heavy atom. The van der Waals surface area contributed by atoms with Gasteiger partial charge in [-0.3, -0.25) is 0 Å². The van der Waals surface area contributed by atoms with E-state index in [2.05, 4.69) is 50.5 Å². The van der Waals surface area contributed by atoms with Crippen molar-refractivity contribution in [1.82, 2.24) is 0 Å². The predicted molar refractivity (Wildman–Crippen MR) is 51.9 cm³/mol. The largest absolute Gasteiger partial charge is 3.00 e. The van der Waals surface area contributed by atoms with E-state index in [0.717, 1.165) is 0 Å². The zero-order valence-corrected chi connectivity index (χ0v) is 15.3. The van der Waals surface area contributed by atoms with Gasteiger partial charge in [0.15, 0.2) is 0 Å². The molecular weight excluding hydrogens is 468 g/mol. The average Bonchev–Trinajstić information content (AvgIpc) is 1.92. The summed E-state index contributed by atoms with van der Waals surface area (Å²) in [5.41, 5.74) is 0. The Balaban J connectivity index is -0.0000000145. The Morgan fingerprint density at radius 3 is 0.571 bits per heavy atom. The normalized spacial score (nSPS) is 2.00. The Labute approximate surface area is 164 Å². The van der Waals surface area contributed by atoms with Crippen molar-refractivity contribution in [3.63, 3.8) is 0 Å². The fourth-order valence-electron chi connectivity index (χ4n) is 0. The number of nitriles is 4. The fourth-order valence-corrected chi connectivity index (χ4v) is 0. The van der Waals surface area contributed by atoms with E-state index in [1.54, 1.807) is 0 Å². The van der Waals surface area contributed by atoms with Crippen LogP contribution in [0.5, 0.6) is 0 Å². The van der Waals surface area contributed by atoms with Crippen LogP contribution in [0.3, 0.4) is 0 Å². The second kappa shape index (κ2) is 91.3. The topological polar surface area (TPSA) is 95.2 Å². The molecule has 4 nitrogen and oxygen atoms in total. The summed E-state index contributed by atoms with van der Waals surface area (Å²) >= 11 is 14.8. The standard InChI is InChI=1S/4CHNS.Au.K/c4*2-1-3;;/h4*3H;;/q;;;;+3;+1/p-4. The minimum absolute atomic E-state index is 0. The summed E-state index contributed by atoms with van der Waals surface area (Å²) in [6, 6.07) is 0. The van der Waals surface area contributed by atoms with Gasteiger partial charge in [-0.2, -0.15) is 0 Å². The minimum Gasteiger partial charge on any atom is -0.696 e. The van der Waals surface area contributed by atoms with Crippen LogP contribution in [0.1, 0.15) is 0 Å². The van der Waals surface area contributed by atoms with E-state index in [-0.39, 0.29) is 73.8 Å². The van der Waals surface area contributed by atoms with Crippen molar-refractivity contribution in [2.24, 2.45) is 0 Å². The van der Waals surface area contributed by atoms with E-state index >= 15 is 0 Å². The van der Waals surface area contributed by atoms with Crippen LogP contribution in [0.25, 0.3) is 0 Å². The molecule has 0 amide bonds. The number of hydrogen-bond donors (Lipinski definition) is 0. The maximum absolute atomic E-state index is 7.13. The van der Waals surface area contributed by atoms with Crippen LogP contribution in [0.15, 0.2) is 0 Å². The number of thiocyanates is 4. The fraction of sp³-hybridized carbons (Fsp3) is 0. The zero-order valence-electron chi connectivity index (χ0n) is 6.72. The quantitative estimate of drug-likeness (QED) is 0.212. The van der Waals surface area contributed by atoms with E-state index in [1.165, 1.54) is 21.6 Å². The van der Waals surface area contributed by atoms with Gasteiger partial charge < -0.3 is 50.5 Å². The molecule has 0 aliphatic heterocycles. The van der Waals surface area contributed by atoms with Gasteiger partial charge in [0.1, 0.15) is 0 Å². The van der Waals surface area contributed by atoms with Crippen molar-refractivity contribution in [3.8, 4) is 21.6 Å². The Hall–Kier alpha value is 1.22. The molecule has 0 aromatic heterocycles. The van der Waals surface area contributed by atoms with Gasteiger partial charge in [-0.1, -0.05) is 21.6 Å². The van der Waals surface area contributed by atoms with E-state index in [4.69, 9.17) is 21.0 Å². The van der Waals surface area contributed by atoms with E-state index in [1.807, 2.05) is 0 Å². The van der Waals surface area contributed by atoms with Crippen LogP contribution in [0, 0.1) is 42.7 Å². The smallest absolute Gasteiger partial charge is 0.696 e. The van der Waals surface area contributed by atoms with Gasteiger partial charge in [0.2, 0.25) is 0 Å². The van der Waals surface area contributed by atoms with Gasteiger partial charge in [-0.15, -0.1) is 0 Å². The maximum Gasteiger partial charge on any atom is 3.00 e. The van der Waals surface area contributed by atoms with Gasteiger partial charge in [0.25, 0.3) is 0 Å². The summed E-state index contributed by atoms with van der Waals surface area (Å²) in [5.74, 6) is 0. The van der Waals surface area contributed by atoms with Crippen LogP contribution in [-0.2, 0) is 72.9 Å². The summed E-state index contributed by atoms with van der Waals surface area (Å²) in [6.45, 7) is 0. The van der Waals surface area contributed by atoms with E-state index in [0.29, 0.717) is 0 Å². The third-order valence-electron chi connectivity index (χ3n) is 0. The van der Waals surface area contributed by atoms with Crippen LogP contribution < -0.4 is 51.4 Å². The second-order valence-electron chi connectivity index (χ2n) is 0.365. The van der Waals surface area contributed by atoms with Gasteiger partial charge in [0.05, 0.1) is 0 Å². The molecule has 72 valence electrons. The maximum atomic E-state index is 7.13. The molecule has 0 aromatic carbocycles. The summed E-state index contributed by atoms with van der Waals surface area (Å²) in [7, 11) is 0. The van der Waals surface area contributed by atoms with E-state index in [9.17, 15) is 0 Å². The molecule has 0 saturated heterocycles. The molecule has 0 aromatic rings. The van der Waals surface area contributed by atoms with Crippen molar-refractivity contribution < 1.29 is 73.8 Å². The average molecular weight is 468 g/mol. The van der Waals surface area contributed by atoms with Crippen LogP contribution in [0.2, 0.25) is 0 Å². The molecule has 0 atom stereocenters. The molecule has 0 rings (SSSR count). The molecule has 0 fully saturated rings. The van der Waals surface area contributed by atoms with E-state index < -0.39 is 0 Å². The second-order valence-corrected chi connectivity index (χ2v) is 1.10. The summed E-state index contributed by atoms with van der Waals surface area (Å²) in [6.07, 6.45) is 0. The monoisotopic (exact) mass is 468 g/mol. The first-order valence-electron chi connectivity index (χ1n) is 1.71. The van der Waals surface area contributed by atoms with Crippen molar-refractivity contribution in [3.05, 3.63) is 0 Å². The van der Waals surface area contributed by atoms with Gasteiger partial charge >= 0.3 is 73.8 Å². The third-order valence-corrected chi connectivity index (χ3v) is 0. The van der Waals surface area contributed by atoms with Crippen molar-refractivity contribution in [2.45, 2.75) is 0 Å². The van der Waals surface area contributed by atoms with Gasteiger partial charge in [-0.25, -0.2) is 21.0 Å². The number of hydrogen-bond acceptors (Lipinski definition) is 8. The summed E-state index contributed by atoms with van der Waals surface area (Å²) in [4.78, 5) is 0. The van der Waals surface area contributed by atoms with Crippen molar-refractivity contribution in [1.29, 1.82) is 21.0 Å². The molecule has 0 aliphatic carbocycles.